The Kier molecular flexibility index (Phi) is 4.75. The van der Waals surface area contributed by atoms with Gasteiger partial charge < -0.3 is 13.9 Å². The third-order valence-electron chi connectivity index (χ3n) is 2.95. The van der Waals surface area contributed by atoms with Gasteiger partial charge in [-0.05, 0) is 30.3 Å². The van der Waals surface area contributed by atoms with Crippen LogP contribution >= 0.6 is 0 Å². The van der Waals surface area contributed by atoms with Gasteiger partial charge in [0.1, 0.15) is 24.0 Å². The van der Waals surface area contributed by atoms with Crippen LogP contribution in [0.3, 0.4) is 0 Å². The Bertz CT molecular complexity index is 620. The Labute approximate surface area is 124 Å². The normalized spacial score (nSPS) is 12.7. The molecule has 1 aromatic heterocycles. The highest BCUT2D eigenvalue weighted by Crippen LogP contribution is 2.31. The lowest BCUT2D eigenvalue weighted by molar-refractivity contribution is -0.143. The van der Waals surface area contributed by atoms with Crippen LogP contribution in [0.1, 0.15) is 17.2 Å². The van der Waals surface area contributed by atoms with Crippen LogP contribution in [0, 0.1) is 0 Å². The van der Waals surface area contributed by atoms with Crippen molar-refractivity contribution in [3.8, 4) is 5.75 Å². The number of hydrogen-bond donors (Lipinski definition) is 0. The van der Waals surface area contributed by atoms with Crippen LogP contribution in [0.15, 0.2) is 47.1 Å². The van der Waals surface area contributed by atoms with Gasteiger partial charge in [-0.25, -0.2) is 0 Å². The number of furan rings is 1. The zero-order valence-electron chi connectivity index (χ0n) is 11.6. The molecule has 1 heterocycles. The first-order chi connectivity index (χ1) is 10.4. The van der Waals surface area contributed by atoms with E-state index in [0.29, 0.717) is 5.76 Å². The van der Waals surface area contributed by atoms with E-state index >= 15 is 0 Å². The number of carbonyl (C=O) groups excluding carboxylic acids is 1. The molecular formula is C15H13F3O4. The molecular weight excluding hydrogens is 301 g/mol. The summed E-state index contributed by atoms with van der Waals surface area (Å²) in [5, 5.41) is 0. The van der Waals surface area contributed by atoms with E-state index in [4.69, 9.17) is 9.15 Å². The minimum atomic E-state index is -4.46. The Hall–Kier alpha value is -2.44. The molecule has 7 heteroatoms. The van der Waals surface area contributed by atoms with Crippen LogP contribution in [0.4, 0.5) is 13.2 Å². The van der Waals surface area contributed by atoms with Gasteiger partial charge in [-0.3, -0.25) is 4.79 Å². The molecule has 0 N–H and O–H groups in total. The minimum Gasteiger partial charge on any atom is -0.492 e. The van der Waals surface area contributed by atoms with Crippen molar-refractivity contribution in [2.24, 2.45) is 0 Å². The second-order valence-corrected chi connectivity index (χ2v) is 4.43. The summed E-state index contributed by atoms with van der Waals surface area (Å²) in [7, 11) is 1.21. The van der Waals surface area contributed by atoms with Crippen molar-refractivity contribution in [3.63, 3.8) is 0 Å². The number of rotatable bonds is 5. The summed E-state index contributed by atoms with van der Waals surface area (Å²) in [5.41, 5.74) is -0.822. The van der Waals surface area contributed by atoms with Crippen molar-refractivity contribution >= 4 is 5.97 Å². The molecule has 2 aromatic rings. The maximum Gasteiger partial charge on any atom is 0.416 e. The smallest absolute Gasteiger partial charge is 0.416 e. The number of ether oxygens (including phenoxy) is 2. The van der Waals surface area contributed by atoms with Gasteiger partial charge in [0.15, 0.2) is 0 Å². The highest BCUT2D eigenvalue weighted by molar-refractivity contribution is 5.77. The number of hydrogen-bond acceptors (Lipinski definition) is 4. The van der Waals surface area contributed by atoms with Crippen molar-refractivity contribution in [1.82, 2.24) is 0 Å². The first-order valence-corrected chi connectivity index (χ1v) is 6.33. The van der Waals surface area contributed by atoms with E-state index in [9.17, 15) is 18.0 Å². The molecule has 0 spiro atoms. The minimum absolute atomic E-state index is 0.00952. The quantitative estimate of drug-likeness (QED) is 0.791. The third kappa shape index (κ3) is 3.81. The predicted molar refractivity (Wildman–Crippen MR) is 70.4 cm³/mol. The van der Waals surface area contributed by atoms with E-state index in [0.717, 1.165) is 12.1 Å². The average Bonchev–Trinajstić information content (AvgIpc) is 3.00. The van der Waals surface area contributed by atoms with E-state index < -0.39 is 23.6 Å². The highest BCUT2D eigenvalue weighted by Gasteiger charge is 2.31. The van der Waals surface area contributed by atoms with Crippen LogP contribution in [0.2, 0.25) is 0 Å². The van der Waals surface area contributed by atoms with E-state index in [2.05, 4.69) is 4.74 Å². The predicted octanol–water partition coefficient (Wildman–Crippen LogP) is 3.63. The summed E-state index contributed by atoms with van der Waals surface area (Å²) < 4.78 is 52.9. The van der Waals surface area contributed by atoms with E-state index in [1.54, 1.807) is 12.1 Å². The Morgan fingerprint density at radius 1 is 1.27 bits per heavy atom. The first-order valence-electron chi connectivity index (χ1n) is 6.33. The molecule has 0 saturated heterocycles. The fourth-order valence-corrected chi connectivity index (χ4v) is 1.84. The molecule has 0 bridgehead atoms. The largest absolute Gasteiger partial charge is 0.492 e. The summed E-state index contributed by atoms with van der Waals surface area (Å²) in [6.07, 6.45) is -3.07. The summed E-state index contributed by atoms with van der Waals surface area (Å²) >= 11 is 0. The molecule has 0 radical (unpaired) electrons. The number of methoxy groups -OCH3 is 1. The van der Waals surface area contributed by atoms with Gasteiger partial charge >= 0.3 is 12.1 Å². The van der Waals surface area contributed by atoms with Gasteiger partial charge in [0, 0.05) is 0 Å². The number of halogens is 3. The molecule has 4 nitrogen and oxygen atoms in total. The molecule has 0 aliphatic heterocycles. The van der Waals surface area contributed by atoms with E-state index in [1.165, 1.54) is 25.5 Å². The van der Waals surface area contributed by atoms with Crippen LogP contribution in [0.5, 0.6) is 5.75 Å². The van der Waals surface area contributed by atoms with Gasteiger partial charge in [0.25, 0.3) is 0 Å². The monoisotopic (exact) mass is 314 g/mol. The lowest BCUT2D eigenvalue weighted by Crippen LogP contribution is -2.21. The van der Waals surface area contributed by atoms with Crippen molar-refractivity contribution in [3.05, 3.63) is 54.0 Å². The van der Waals surface area contributed by atoms with E-state index in [1.807, 2.05) is 0 Å². The highest BCUT2D eigenvalue weighted by atomic mass is 19.4. The van der Waals surface area contributed by atoms with Crippen molar-refractivity contribution in [1.29, 1.82) is 0 Å². The lowest BCUT2D eigenvalue weighted by Gasteiger charge is -2.14. The summed E-state index contributed by atoms with van der Waals surface area (Å²) in [6.45, 7) is -0.193. The second-order valence-electron chi connectivity index (χ2n) is 4.43. The standard InChI is InChI=1S/C15H13F3O4/c1-20-14(19)12(13-6-3-7-21-13)9-22-11-5-2-4-10(8-11)15(16,17)18/h2-8,12H,9H2,1H3. The second kappa shape index (κ2) is 6.55. The molecule has 1 aromatic carbocycles. The van der Waals surface area contributed by atoms with Crippen LogP contribution in [-0.4, -0.2) is 19.7 Å². The Morgan fingerprint density at radius 3 is 2.64 bits per heavy atom. The van der Waals surface area contributed by atoms with Gasteiger partial charge in [-0.1, -0.05) is 6.07 Å². The maximum absolute atomic E-state index is 12.6. The van der Waals surface area contributed by atoms with Gasteiger partial charge in [0.05, 0.1) is 18.9 Å². The zero-order chi connectivity index (χ0) is 16.2. The molecule has 22 heavy (non-hydrogen) atoms. The summed E-state index contributed by atoms with van der Waals surface area (Å²) in [5.74, 6) is -1.12. The fourth-order valence-electron chi connectivity index (χ4n) is 1.84. The molecule has 118 valence electrons. The Morgan fingerprint density at radius 2 is 2.05 bits per heavy atom. The number of alkyl halides is 3. The zero-order valence-corrected chi connectivity index (χ0v) is 11.6. The van der Waals surface area contributed by atoms with E-state index in [-0.39, 0.29) is 12.4 Å². The average molecular weight is 314 g/mol. The van der Waals surface area contributed by atoms with Gasteiger partial charge in [-0.2, -0.15) is 13.2 Å². The van der Waals surface area contributed by atoms with Gasteiger partial charge in [0.2, 0.25) is 0 Å². The molecule has 0 aliphatic carbocycles. The van der Waals surface area contributed by atoms with Crippen LogP contribution in [-0.2, 0) is 15.7 Å². The topological polar surface area (TPSA) is 48.7 Å². The van der Waals surface area contributed by atoms with Crippen molar-refractivity contribution in [2.75, 3.05) is 13.7 Å². The summed E-state index contributed by atoms with van der Waals surface area (Å²) in [4.78, 5) is 11.7. The first kappa shape index (κ1) is 15.9. The number of carbonyl (C=O) groups is 1. The fraction of sp³-hybridized carbons (Fsp3) is 0.267. The maximum atomic E-state index is 12.6. The Balaban J connectivity index is 2.11. The molecule has 1 unspecified atom stereocenters. The number of esters is 1. The third-order valence-corrected chi connectivity index (χ3v) is 2.95. The molecule has 0 amide bonds. The summed E-state index contributed by atoms with van der Waals surface area (Å²) in [6, 6.07) is 7.59. The molecule has 0 saturated carbocycles. The SMILES string of the molecule is COC(=O)C(COc1cccc(C(F)(F)F)c1)c1ccco1. The molecule has 0 aliphatic rings. The van der Waals surface area contributed by atoms with Crippen LogP contribution in [0.25, 0.3) is 0 Å². The molecule has 2 rings (SSSR count). The molecule has 1 atom stereocenters. The molecule has 0 fully saturated rings. The number of benzene rings is 1. The van der Waals surface area contributed by atoms with Gasteiger partial charge in [-0.15, -0.1) is 0 Å². The van der Waals surface area contributed by atoms with Crippen molar-refractivity contribution < 1.29 is 31.9 Å². The van der Waals surface area contributed by atoms with Crippen LogP contribution < -0.4 is 4.74 Å². The van der Waals surface area contributed by atoms with Crippen molar-refractivity contribution in [2.45, 2.75) is 12.1 Å². The lowest BCUT2D eigenvalue weighted by atomic mass is 10.1.